The number of aromatic nitrogens is 1. The maximum atomic E-state index is 12.7. The highest BCUT2D eigenvalue weighted by Crippen LogP contribution is 2.31. The molecule has 4 nitrogen and oxygen atoms in total. The van der Waals surface area contributed by atoms with Crippen molar-refractivity contribution in [2.24, 2.45) is 5.92 Å². The van der Waals surface area contributed by atoms with Crippen LogP contribution in [0.2, 0.25) is 10.0 Å². The molecule has 0 aliphatic carbocycles. The average molecular weight is 379 g/mol. The summed E-state index contributed by atoms with van der Waals surface area (Å²) in [7, 11) is 0. The van der Waals surface area contributed by atoms with Crippen LogP contribution in [0.15, 0.2) is 36.4 Å². The number of hydrogen-bond donors (Lipinski definition) is 0. The summed E-state index contributed by atoms with van der Waals surface area (Å²) in [5, 5.41) is 0.814. The molecule has 0 spiro atoms. The first-order valence-corrected chi connectivity index (χ1v) is 9.12. The largest absolute Gasteiger partial charge is 0.486 e. The molecular formula is C19H20Cl2N2O2. The van der Waals surface area contributed by atoms with Crippen molar-refractivity contribution >= 4 is 29.1 Å². The fraction of sp³-hybridized carbons (Fsp3) is 0.368. The van der Waals surface area contributed by atoms with Crippen LogP contribution in [-0.2, 0) is 6.61 Å². The summed E-state index contributed by atoms with van der Waals surface area (Å²) in [6.45, 7) is 3.98. The van der Waals surface area contributed by atoms with Crippen molar-refractivity contribution in [2.45, 2.75) is 26.4 Å². The predicted octanol–water partition coefficient (Wildman–Crippen LogP) is 4.84. The Kier molecular flexibility index (Phi) is 5.82. The second-order valence-electron chi connectivity index (χ2n) is 6.35. The summed E-state index contributed by atoms with van der Waals surface area (Å²) in [5.74, 6) is 1.01. The van der Waals surface area contributed by atoms with Gasteiger partial charge in [-0.15, -0.1) is 0 Å². The average Bonchev–Trinajstić information content (AvgIpc) is 2.62. The number of hydrogen-bond acceptors (Lipinski definition) is 3. The first-order chi connectivity index (χ1) is 12.0. The number of rotatable bonds is 4. The molecule has 25 heavy (non-hydrogen) atoms. The maximum Gasteiger partial charge on any atom is 0.272 e. The van der Waals surface area contributed by atoms with Gasteiger partial charge in [0.2, 0.25) is 0 Å². The van der Waals surface area contributed by atoms with Crippen LogP contribution in [0, 0.1) is 5.92 Å². The number of ether oxygens (including phenoxy) is 1. The van der Waals surface area contributed by atoms with Gasteiger partial charge in [-0.3, -0.25) is 4.79 Å². The standard InChI is InChI=1S/C19H20Cl2N2O2/c1-13-5-4-10-23(11-13)19(24)16-8-2-6-14(22-16)12-25-17-9-3-7-15(20)18(17)21/h2-3,6-9,13H,4-5,10-12H2,1H3. The van der Waals surface area contributed by atoms with E-state index in [1.807, 2.05) is 17.0 Å². The number of likely N-dealkylation sites (tertiary alicyclic amines) is 1. The van der Waals surface area contributed by atoms with Gasteiger partial charge in [-0.2, -0.15) is 0 Å². The number of pyridine rings is 1. The molecule has 2 aromatic rings. The van der Waals surface area contributed by atoms with E-state index in [1.54, 1.807) is 24.3 Å². The van der Waals surface area contributed by atoms with Crippen LogP contribution >= 0.6 is 23.2 Å². The molecule has 1 amide bonds. The Morgan fingerprint density at radius 2 is 2.08 bits per heavy atom. The highest BCUT2D eigenvalue weighted by molar-refractivity contribution is 6.42. The normalized spacial score (nSPS) is 17.4. The lowest BCUT2D eigenvalue weighted by Crippen LogP contribution is -2.39. The number of amides is 1. The van der Waals surface area contributed by atoms with E-state index in [1.165, 1.54) is 6.42 Å². The number of piperidine rings is 1. The minimum atomic E-state index is -0.0193. The molecule has 1 aliphatic rings. The lowest BCUT2D eigenvalue weighted by molar-refractivity contribution is 0.0676. The molecule has 1 saturated heterocycles. The first-order valence-electron chi connectivity index (χ1n) is 8.36. The Morgan fingerprint density at radius 1 is 1.28 bits per heavy atom. The highest BCUT2D eigenvalue weighted by atomic mass is 35.5. The molecule has 0 bridgehead atoms. The summed E-state index contributed by atoms with van der Waals surface area (Å²) >= 11 is 12.1. The molecule has 3 rings (SSSR count). The molecule has 1 fully saturated rings. The molecule has 2 heterocycles. The Balaban J connectivity index is 1.69. The predicted molar refractivity (Wildman–Crippen MR) is 99.3 cm³/mol. The molecule has 1 atom stereocenters. The summed E-state index contributed by atoms with van der Waals surface area (Å²) in [5.41, 5.74) is 1.12. The SMILES string of the molecule is CC1CCCN(C(=O)c2cccc(COc3cccc(Cl)c3Cl)n2)C1. The van der Waals surface area contributed by atoms with E-state index in [-0.39, 0.29) is 12.5 Å². The quantitative estimate of drug-likeness (QED) is 0.764. The van der Waals surface area contributed by atoms with E-state index < -0.39 is 0 Å². The number of nitrogens with zero attached hydrogens (tertiary/aromatic N) is 2. The van der Waals surface area contributed by atoms with E-state index in [9.17, 15) is 4.79 Å². The zero-order valence-electron chi connectivity index (χ0n) is 14.0. The Morgan fingerprint density at radius 3 is 2.88 bits per heavy atom. The van der Waals surface area contributed by atoms with Gasteiger partial charge in [-0.1, -0.05) is 42.3 Å². The second kappa shape index (κ2) is 8.07. The third kappa shape index (κ3) is 4.44. The summed E-state index contributed by atoms with van der Waals surface area (Å²) in [6.07, 6.45) is 2.22. The van der Waals surface area contributed by atoms with Crippen molar-refractivity contribution < 1.29 is 9.53 Å². The van der Waals surface area contributed by atoms with Gasteiger partial charge < -0.3 is 9.64 Å². The Bertz CT molecular complexity index is 767. The third-order valence-electron chi connectivity index (χ3n) is 4.26. The van der Waals surface area contributed by atoms with Crippen LogP contribution in [0.4, 0.5) is 0 Å². The molecular weight excluding hydrogens is 359 g/mol. The van der Waals surface area contributed by atoms with Gasteiger partial charge in [0.05, 0.1) is 10.7 Å². The van der Waals surface area contributed by atoms with Crippen LogP contribution in [-0.4, -0.2) is 28.9 Å². The van der Waals surface area contributed by atoms with E-state index in [0.29, 0.717) is 33.1 Å². The van der Waals surface area contributed by atoms with Gasteiger partial charge in [0.15, 0.2) is 0 Å². The van der Waals surface area contributed by atoms with Crippen molar-refractivity contribution in [3.63, 3.8) is 0 Å². The molecule has 1 aromatic heterocycles. The zero-order chi connectivity index (χ0) is 17.8. The van der Waals surface area contributed by atoms with Gasteiger partial charge in [0, 0.05) is 13.1 Å². The van der Waals surface area contributed by atoms with Crippen molar-refractivity contribution in [2.75, 3.05) is 13.1 Å². The second-order valence-corrected chi connectivity index (χ2v) is 7.14. The first kappa shape index (κ1) is 18.0. The van der Waals surface area contributed by atoms with Gasteiger partial charge in [-0.05, 0) is 43.0 Å². The zero-order valence-corrected chi connectivity index (χ0v) is 15.6. The fourth-order valence-corrected chi connectivity index (χ4v) is 3.31. The molecule has 1 unspecified atom stereocenters. The highest BCUT2D eigenvalue weighted by Gasteiger charge is 2.23. The molecule has 132 valence electrons. The molecule has 0 radical (unpaired) electrons. The van der Waals surface area contributed by atoms with Gasteiger partial charge >= 0.3 is 0 Å². The minimum absolute atomic E-state index is 0.0193. The number of carbonyl (C=O) groups excluding carboxylic acids is 1. The summed E-state index contributed by atoms with van der Waals surface area (Å²) in [6, 6.07) is 10.6. The topological polar surface area (TPSA) is 42.4 Å². The van der Waals surface area contributed by atoms with Crippen LogP contribution < -0.4 is 4.74 Å². The van der Waals surface area contributed by atoms with E-state index in [4.69, 9.17) is 27.9 Å². The van der Waals surface area contributed by atoms with Crippen molar-refractivity contribution in [1.29, 1.82) is 0 Å². The molecule has 1 aromatic carbocycles. The van der Waals surface area contributed by atoms with Gasteiger partial charge in [0.1, 0.15) is 23.1 Å². The molecule has 1 aliphatic heterocycles. The smallest absolute Gasteiger partial charge is 0.272 e. The third-order valence-corrected chi connectivity index (χ3v) is 5.06. The number of halogens is 2. The Labute approximate surface area is 157 Å². The lowest BCUT2D eigenvalue weighted by atomic mass is 10.00. The van der Waals surface area contributed by atoms with Crippen LogP contribution in [0.3, 0.4) is 0 Å². The number of carbonyl (C=O) groups is 1. The fourth-order valence-electron chi connectivity index (χ4n) is 2.96. The minimum Gasteiger partial charge on any atom is -0.486 e. The molecule has 0 N–H and O–H groups in total. The van der Waals surface area contributed by atoms with Gasteiger partial charge in [0.25, 0.3) is 5.91 Å². The van der Waals surface area contributed by atoms with Crippen molar-refractivity contribution in [1.82, 2.24) is 9.88 Å². The van der Waals surface area contributed by atoms with Crippen molar-refractivity contribution in [3.05, 3.63) is 57.8 Å². The number of benzene rings is 1. The van der Waals surface area contributed by atoms with Crippen LogP contribution in [0.1, 0.15) is 35.9 Å². The van der Waals surface area contributed by atoms with Gasteiger partial charge in [-0.25, -0.2) is 4.98 Å². The summed E-state index contributed by atoms with van der Waals surface area (Å²) in [4.78, 5) is 19.0. The lowest BCUT2D eigenvalue weighted by Gasteiger charge is -2.30. The molecule has 6 heteroatoms. The van der Waals surface area contributed by atoms with E-state index in [0.717, 1.165) is 19.5 Å². The molecule has 0 saturated carbocycles. The van der Waals surface area contributed by atoms with Crippen molar-refractivity contribution in [3.8, 4) is 5.75 Å². The summed E-state index contributed by atoms with van der Waals surface area (Å²) < 4.78 is 5.70. The monoisotopic (exact) mass is 378 g/mol. The van der Waals surface area contributed by atoms with Crippen LogP contribution in [0.5, 0.6) is 5.75 Å². The van der Waals surface area contributed by atoms with E-state index >= 15 is 0 Å². The Hall–Kier alpha value is -1.78. The van der Waals surface area contributed by atoms with E-state index in [2.05, 4.69) is 11.9 Å². The maximum absolute atomic E-state index is 12.7. The van der Waals surface area contributed by atoms with Crippen LogP contribution in [0.25, 0.3) is 0 Å².